The highest BCUT2D eigenvalue weighted by atomic mass is 32.1. The van der Waals surface area contributed by atoms with Crippen molar-refractivity contribution in [3.05, 3.63) is 56.2 Å². The summed E-state index contributed by atoms with van der Waals surface area (Å²) >= 11 is 1.59. The topological polar surface area (TPSA) is 74.1 Å². The fraction of sp³-hybridized carbons (Fsp3) is 0.368. The van der Waals surface area contributed by atoms with Gasteiger partial charge in [-0.3, -0.25) is 4.79 Å². The summed E-state index contributed by atoms with van der Waals surface area (Å²) in [4.78, 5) is 26.9. The van der Waals surface area contributed by atoms with Gasteiger partial charge in [0.1, 0.15) is 0 Å². The second-order valence-corrected chi connectivity index (χ2v) is 7.45. The van der Waals surface area contributed by atoms with Gasteiger partial charge in [-0.25, -0.2) is 9.48 Å². The van der Waals surface area contributed by atoms with Crippen LogP contribution in [0, 0.1) is 0 Å². The average molecular weight is 369 g/mol. The number of carbonyl (C=O) groups excluding carboxylic acids is 1. The molecule has 0 saturated heterocycles. The minimum Gasteiger partial charge on any atom is -0.462 e. The second-order valence-electron chi connectivity index (χ2n) is 6.36. The summed E-state index contributed by atoms with van der Waals surface area (Å²) < 4.78 is 6.42. The van der Waals surface area contributed by atoms with E-state index in [2.05, 4.69) is 10.3 Å². The number of hydrogen-bond acceptors (Lipinski definition) is 6. The van der Waals surface area contributed by atoms with Crippen LogP contribution in [-0.2, 0) is 24.1 Å². The molecular weight excluding hydrogens is 350 g/mol. The molecule has 3 aromatic rings. The van der Waals surface area contributed by atoms with Crippen molar-refractivity contribution in [1.29, 1.82) is 0 Å². The van der Waals surface area contributed by atoms with Crippen LogP contribution in [0.15, 0.2) is 29.1 Å². The van der Waals surface area contributed by atoms with Gasteiger partial charge in [0.25, 0.3) is 5.56 Å². The molecule has 2 heterocycles. The lowest BCUT2D eigenvalue weighted by Crippen LogP contribution is -2.25. The highest BCUT2D eigenvalue weighted by Crippen LogP contribution is 2.33. The van der Waals surface area contributed by atoms with Crippen LogP contribution >= 0.6 is 11.3 Å². The molecule has 2 aromatic heterocycles. The van der Waals surface area contributed by atoms with Crippen LogP contribution in [0.4, 0.5) is 0 Å². The maximum Gasteiger partial charge on any atom is 0.338 e. The van der Waals surface area contributed by atoms with E-state index in [1.54, 1.807) is 36.5 Å². The van der Waals surface area contributed by atoms with Gasteiger partial charge in [-0.1, -0.05) is 17.3 Å². The number of aryl methyl sites for hydroxylation is 2. The number of aromatic nitrogens is 3. The van der Waals surface area contributed by atoms with Gasteiger partial charge in [0.2, 0.25) is 0 Å². The molecule has 0 radical (unpaired) electrons. The zero-order chi connectivity index (χ0) is 18.1. The van der Waals surface area contributed by atoms with Gasteiger partial charge in [-0.2, -0.15) is 0 Å². The summed E-state index contributed by atoms with van der Waals surface area (Å²) in [5, 5.41) is 9.10. The summed E-state index contributed by atoms with van der Waals surface area (Å²) in [5.74, 6) is -0.366. The van der Waals surface area contributed by atoms with Crippen molar-refractivity contribution >= 4 is 27.5 Å². The molecule has 0 saturated carbocycles. The Morgan fingerprint density at radius 3 is 3.00 bits per heavy atom. The molecule has 134 valence electrons. The number of carbonyl (C=O) groups is 1. The number of benzene rings is 1. The third-order valence-electron chi connectivity index (χ3n) is 4.61. The van der Waals surface area contributed by atoms with E-state index < -0.39 is 0 Å². The first kappa shape index (κ1) is 16.9. The van der Waals surface area contributed by atoms with E-state index in [1.807, 2.05) is 6.07 Å². The van der Waals surface area contributed by atoms with Crippen molar-refractivity contribution in [1.82, 2.24) is 15.0 Å². The van der Waals surface area contributed by atoms with Gasteiger partial charge < -0.3 is 4.74 Å². The lowest BCUT2D eigenvalue weighted by molar-refractivity contribution is 0.0526. The molecular formula is C19H19N3O3S. The molecule has 1 aliphatic rings. The molecule has 1 aliphatic carbocycles. The van der Waals surface area contributed by atoms with Gasteiger partial charge in [0.15, 0.2) is 4.83 Å². The van der Waals surface area contributed by atoms with Crippen molar-refractivity contribution < 1.29 is 9.53 Å². The first-order chi connectivity index (χ1) is 12.7. The number of rotatable bonds is 4. The zero-order valence-corrected chi connectivity index (χ0v) is 15.3. The fourth-order valence-corrected chi connectivity index (χ4v) is 4.59. The molecule has 0 atom stereocenters. The molecule has 0 N–H and O–H groups in total. The molecule has 0 amide bonds. The third-order valence-corrected chi connectivity index (χ3v) is 5.79. The number of nitrogens with zero attached hydrogens (tertiary/aromatic N) is 3. The van der Waals surface area contributed by atoms with E-state index in [0.29, 0.717) is 12.2 Å². The number of hydrogen-bond donors (Lipinski definition) is 0. The molecule has 0 aliphatic heterocycles. The molecule has 0 spiro atoms. The first-order valence-corrected chi connectivity index (χ1v) is 9.63. The van der Waals surface area contributed by atoms with E-state index in [9.17, 15) is 9.59 Å². The Labute approximate surface area is 154 Å². The monoisotopic (exact) mass is 369 g/mol. The van der Waals surface area contributed by atoms with Gasteiger partial charge in [0, 0.05) is 4.88 Å². The lowest BCUT2D eigenvalue weighted by Gasteiger charge is -2.10. The quantitative estimate of drug-likeness (QED) is 0.661. The SMILES string of the molecule is CCOC(=O)c1cccc(Cn2nnc3sc4c(c3c2=O)CCCC4)c1. The normalized spacial score (nSPS) is 13.6. The van der Waals surface area contributed by atoms with Crippen LogP contribution in [0.25, 0.3) is 10.2 Å². The largest absolute Gasteiger partial charge is 0.462 e. The standard InChI is InChI=1S/C19H19N3O3S/c1-2-25-19(24)13-7-5-6-12(10-13)11-22-18(23)16-14-8-3-4-9-15(14)26-17(16)20-21-22/h5-7,10H,2-4,8-9,11H2,1H3. The Kier molecular flexibility index (Phi) is 4.55. The van der Waals surface area contributed by atoms with Crippen LogP contribution in [0.1, 0.15) is 46.1 Å². The Morgan fingerprint density at radius 2 is 2.15 bits per heavy atom. The van der Waals surface area contributed by atoms with Crippen molar-refractivity contribution in [3.63, 3.8) is 0 Å². The zero-order valence-electron chi connectivity index (χ0n) is 14.5. The molecule has 6 nitrogen and oxygen atoms in total. The molecule has 0 bridgehead atoms. The van der Waals surface area contributed by atoms with Gasteiger partial charge in [-0.05, 0) is 55.9 Å². The van der Waals surface area contributed by atoms with Crippen molar-refractivity contribution in [2.75, 3.05) is 6.61 Å². The van der Waals surface area contributed by atoms with E-state index in [0.717, 1.165) is 40.6 Å². The van der Waals surface area contributed by atoms with Crippen molar-refractivity contribution in [2.45, 2.75) is 39.2 Å². The van der Waals surface area contributed by atoms with Gasteiger partial charge in [-0.15, -0.1) is 16.4 Å². The maximum atomic E-state index is 13.0. The molecule has 0 unspecified atom stereocenters. The first-order valence-electron chi connectivity index (χ1n) is 8.81. The smallest absolute Gasteiger partial charge is 0.338 e. The predicted octanol–water partition coefficient (Wildman–Crippen LogP) is 2.96. The highest BCUT2D eigenvalue weighted by molar-refractivity contribution is 7.18. The maximum absolute atomic E-state index is 13.0. The third kappa shape index (κ3) is 3.03. The van der Waals surface area contributed by atoms with E-state index >= 15 is 0 Å². The molecule has 4 rings (SSSR count). The summed E-state index contributed by atoms with van der Waals surface area (Å²) in [5.41, 5.74) is 2.34. The number of thiophene rings is 1. The Morgan fingerprint density at radius 1 is 1.31 bits per heavy atom. The summed E-state index contributed by atoms with van der Waals surface area (Å²) in [6, 6.07) is 7.09. The minimum atomic E-state index is -0.366. The van der Waals surface area contributed by atoms with E-state index in [1.165, 1.54) is 16.0 Å². The Hall–Kier alpha value is -2.54. The molecule has 1 aromatic carbocycles. The Balaban J connectivity index is 1.70. The van der Waals surface area contributed by atoms with Crippen LogP contribution in [0.3, 0.4) is 0 Å². The summed E-state index contributed by atoms with van der Waals surface area (Å²) in [6.07, 6.45) is 4.25. The predicted molar refractivity (Wildman–Crippen MR) is 99.8 cm³/mol. The summed E-state index contributed by atoms with van der Waals surface area (Å²) in [7, 11) is 0. The average Bonchev–Trinajstić information content (AvgIpc) is 3.04. The molecule has 7 heteroatoms. The molecule has 0 fully saturated rings. The molecule has 26 heavy (non-hydrogen) atoms. The number of fused-ring (bicyclic) bond motifs is 3. The van der Waals surface area contributed by atoms with Crippen molar-refractivity contribution in [2.24, 2.45) is 0 Å². The highest BCUT2D eigenvalue weighted by Gasteiger charge is 2.20. The number of esters is 1. The van der Waals surface area contributed by atoms with Crippen LogP contribution in [0.5, 0.6) is 0 Å². The van der Waals surface area contributed by atoms with Crippen LogP contribution in [0.2, 0.25) is 0 Å². The minimum absolute atomic E-state index is 0.101. The summed E-state index contributed by atoms with van der Waals surface area (Å²) in [6.45, 7) is 2.38. The van der Waals surface area contributed by atoms with Gasteiger partial charge in [0.05, 0.1) is 24.1 Å². The lowest BCUT2D eigenvalue weighted by atomic mass is 9.97. The van der Waals surface area contributed by atoms with E-state index in [4.69, 9.17) is 4.74 Å². The van der Waals surface area contributed by atoms with Crippen LogP contribution < -0.4 is 5.56 Å². The van der Waals surface area contributed by atoms with Gasteiger partial charge >= 0.3 is 5.97 Å². The van der Waals surface area contributed by atoms with Crippen LogP contribution in [-0.4, -0.2) is 27.6 Å². The van der Waals surface area contributed by atoms with Crippen molar-refractivity contribution in [3.8, 4) is 0 Å². The second kappa shape index (κ2) is 6.99. The Bertz CT molecular complexity index is 1040. The number of ether oxygens (including phenoxy) is 1. The van der Waals surface area contributed by atoms with E-state index in [-0.39, 0.29) is 18.1 Å². The fourth-order valence-electron chi connectivity index (χ4n) is 3.39.